The minimum absolute atomic E-state index is 0.335. The number of primary amides is 1. The van der Waals surface area contributed by atoms with Gasteiger partial charge in [-0.15, -0.1) is 0 Å². The van der Waals surface area contributed by atoms with E-state index < -0.39 is 6.03 Å². The van der Waals surface area contributed by atoms with Crippen molar-refractivity contribution in [2.24, 2.45) is 23.5 Å². The number of hydrogen-bond donors (Lipinski definition) is 2. The van der Waals surface area contributed by atoms with Crippen LogP contribution in [0.1, 0.15) is 18.9 Å². The molecule has 3 rings (SSSR count). The van der Waals surface area contributed by atoms with E-state index in [-0.39, 0.29) is 0 Å². The van der Waals surface area contributed by atoms with Crippen LogP contribution in [-0.4, -0.2) is 36.3 Å². The number of nitrogens with one attached hydrogen (secondary N) is 1. The largest absolute Gasteiger partial charge is 0.351 e. The molecule has 138 valence electrons. The minimum Gasteiger partial charge on any atom is -0.351 e. The topological polar surface area (TPSA) is 75.4 Å². The highest BCUT2D eigenvalue weighted by molar-refractivity contribution is 5.87. The second-order valence-electron chi connectivity index (χ2n) is 7.49. The summed E-state index contributed by atoms with van der Waals surface area (Å²) in [6.45, 7) is 4.69. The molecule has 0 aromatic heterocycles. The van der Waals surface area contributed by atoms with Crippen LogP contribution in [0.3, 0.4) is 0 Å². The van der Waals surface area contributed by atoms with Gasteiger partial charge in [0.25, 0.3) is 0 Å². The summed E-state index contributed by atoms with van der Waals surface area (Å²) < 4.78 is 0. The molecule has 1 aliphatic carbocycles. The first kappa shape index (κ1) is 18.4. The molecule has 5 heteroatoms. The van der Waals surface area contributed by atoms with Crippen molar-refractivity contribution < 1.29 is 9.59 Å². The molecule has 26 heavy (non-hydrogen) atoms. The summed E-state index contributed by atoms with van der Waals surface area (Å²) in [5.41, 5.74) is 7.06. The Hall–Kier alpha value is -2.40. The van der Waals surface area contributed by atoms with Crippen LogP contribution in [0, 0.1) is 17.8 Å². The molecule has 1 saturated heterocycles. The number of benzene rings is 1. The first-order valence-electron chi connectivity index (χ1n) is 9.24. The smallest absolute Gasteiger partial charge is 0.316 e. The van der Waals surface area contributed by atoms with E-state index in [1.807, 2.05) is 30.3 Å². The van der Waals surface area contributed by atoms with Crippen molar-refractivity contribution in [1.29, 1.82) is 0 Å². The third-order valence-corrected chi connectivity index (χ3v) is 5.20. The molecule has 0 bridgehead atoms. The molecular weight excluding hydrogens is 326 g/mol. The summed E-state index contributed by atoms with van der Waals surface area (Å²) in [6.07, 6.45) is 10.1. The highest BCUT2D eigenvalue weighted by atomic mass is 16.2. The number of anilines is 1. The number of allylic oxidation sites excluding steroid dienone is 4. The number of carbonyl (C=O) groups is 2. The van der Waals surface area contributed by atoms with Gasteiger partial charge in [0.15, 0.2) is 0 Å². The van der Waals surface area contributed by atoms with Gasteiger partial charge in [0, 0.05) is 25.2 Å². The molecule has 2 aliphatic rings. The molecule has 5 nitrogen and oxygen atoms in total. The first-order chi connectivity index (χ1) is 12.5. The highest BCUT2D eigenvalue weighted by Crippen LogP contribution is 2.25. The maximum Gasteiger partial charge on any atom is 0.316 e. The molecule has 1 heterocycles. The van der Waals surface area contributed by atoms with Gasteiger partial charge >= 0.3 is 6.03 Å². The minimum atomic E-state index is -0.550. The second-order valence-corrected chi connectivity index (χ2v) is 7.49. The first-order valence-corrected chi connectivity index (χ1v) is 9.24. The van der Waals surface area contributed by atoms with E-state index in [9.17, 15) is 9.59 Å². The Morgan fingerprint density at radius 1 is 1.15 bits per heavy atom. The Morgan fingerprint density at radius 3 is 2.50 bits per heavy atom. The lowest BCUT2D eigenvalue weighted by Gasteiger charge is -2.39. The maximum absolute atomic E-state index is 12.3. The lowest BCUT2D eigenvalue weighted by molar-refractivity contribution is -0.122. The number of amides is 2. The Balaban J connectivity index is 1.37. The summed E-state index contributed by atoms with van der Waals surface area (Å²) in [6, 6.07) is 7.22. The molecule has 3 N–H and O–H groups in total. The van der Waals surface area contributed by atoms with Crippen molar-refractivity contribution in [2.45, 2.75) is 19.8 Å². The summed E-state index contributed by atoms with van der Waals surface area (Å²) in [7, 11) is 0. The fourth-order valence-corrected chi connectivity index (χ4v) is 3.73. The average molecular weight is 353 g/mol. The fourth-order valence-electron chi connectivity index (χ4n) is 3.73. The normalized spacial score (nSPS) is 22.8. The van der Waals surface area contributed by atoms with Gasteiger partial charge < -0.3 is 11.1 Å². The van der Waals surface area contributed by atoms with Crippen molar-refractivity contribution >= 4 is 17.5 Å². The predicted molar refractivity (Wildman–Crippen MR) is 104 cm³/mol. The zero-order valence-corrected chi connectivity index (χ0v) is 15.2. The second kappa shape index (κ2) is 8.32. The van der Waals surface area contributed by atoms with Gasteiger partial charge in [-0.05, 0) is 41.9 Å². The van der Waals surface area contributed by atoms with Crippen LogP contribution in [0.5, 0.6) is 0 Å². The molecule has 1 fully saturated rings. The number of ketones is 1. The van der Waals surface area contributed by atoms with Gasteiger partial charge in [-0.1, -0.05) is 43.4 Å². The Labute approximate surface area is 154 Å². The van der Waals surface area contributed by atoms with Gasteiger partial charge in [-0.3, -0.25) is 9.69 Å². The highest BCUT2D eigenvalue weighted by Gasteiger charge is 2.29. The van der Waals surface area contributed by atoms with E-state index in [4.69, 9.17) is 5.73 Å². The lowest BCUT2D eigenvalue weighted by Crippen LogP contribution is -2.49. The quantitative estimate of drug-likeness (QED) is 0.791. The van der Waals surface area contributed by atoms with Crippen molar-refractivity contribution in [2.75, 3.05) is 25.0 Å². The lowest BCUT2D eigenvalue weighted by atomic mass is 9.85. The van der Waals surface area contributed by atoms with Crippen LogP contribution in [0.25, 0.3) is 0 Å². The van der Waals surface area contributed by atoms with Crippen molar-refractivity contribution in [3.05, 3.63) is 54.1 Å². The van der Waals surface area contributed by atoms with E-state index in [1.165, 1.54) is 5.56 Å². The number of likely N-dealkylation sites (tertiary alicyclic amines) is 1. The number of hydrogen-bond acceptors (Lipinski definition) is 3. The van der Waals surface area contributed by atoms with Crippen LogP contribution < -0.4 is 11.1 Å². The zero-order chi connectivity index (χ0) is 18.5. The van der Waals surface area contributed by atoms with Crippen LogP contribution >= 0.6 is 0 Å². The molecule has 0 radical (unpaired) electrons. The van der Waals surface area contributed by atoms with E-state index >= 15 is 0 Å². The standard InChI is InChI=1S/C21H27N3O2/c1-15-4-2-3-5-18(15)11-20(25)14-24-12-17(13-24)10-16-6-8-19(9-7-16)23-21(22)26/h2-9,15,17-18H,10-14H2,1H3,(H3,22,23,26). The number of rotatable bonds is 7. The number of nitrogens with zero attached hydrogens (tertiary/aromatic N) is 1. The van der Waals surface area contributed by atoms with Crippen LogP contribution in [0.15, 0.2) is 48.6 Å². The van der Waals surface area contributed by atoms with Gasteiger partial charge in [0.05, 0.1) is 6.54 Å². The van der Waals surface area contributed by atoms with Crippen LogP contribution in [0.2, 0.25) is 0 Å². The van der Waals surface area contributed by atoms with Gasteiger partial charge in [-0.25, -0.2) is 4.79 Å². The van der Waals surface area contributed by atoms with Gasteiger partial charge in [0.2, 0.25) is 0 Å². The molecule has 2 unspecified atom stereocenters. The van der Waals surface area contributed by atoms with E-state index in [0.29, 0.717) is 42.2 Å². The van der Waals surface area contributed by atoms with E-state index in [0.717, 1.165) is 19.5 Å². The summed E-state index contributed by atoms with van der Waals surface area (Å²) in [5.74, 6) is 1.72. The predicted octanol–water partition coefficient (Wildman–Crippen LogP) is 2.99. The van der Waals surface area contributed by atoms with E-state index in [1.54, 1.807) is 0 Å². The number of urea groups is 1. The van der Waals surface area contributed by atoms with Crippen LogP contribution in [-0.2, 0) is 11.2 Å². The van der Waals surface area contributed by atoms with Crippen molar-refractivity contribution in [3.8, 4) is 0 Å². The average Bonchev–Trinajstić information content (AvgIpc) is 2.56. The Kier molecular flexibility index (Phi) is 5.89. The molecule has 0 saturated carbocycles. The van der Waals surface area contributed by atoms with Crippen LogP contribution in [0.4, 0.5) is 10.5 Å². The Bertz CT molecular complexity index is 702. The summed E-state index contributed by atoms with van der Waals surface area (Å²) in [4.78, 5) is 25.4. The molecule has 2 amide bonds. The molecule has 1 aromatic carbocycles. The molecule has 2 atom stereocenters. The summed E-state index contributed by atoms with van der Waals surface area (Å²) in [5, 5.41) is 2.56. The molecular formula is C21H27N3O2. The van der Waals surface area contributed by atoms with Gasteiger partial charge in [0.1, 0.15) is 5.78 Å². The SMILES string of the molecule is CC1C=CC=CC1CC(=O)CN1CC(Cc2ccc(NC(N)=O)cc2)C1. The third-order valence-electron chi connectivity index (χ3n) is 5.20. The zero-order valence-electron chi connectivity index (χ0n) is 15.2. The third kappa shape index (κ3) is 5.05. The molecule has 0 spiro atoms. The molecule has 1 aromatic rings. The number of carbonyl (C=O) groups excluding carboxylic acids is 2. The molecule has 1 aliphatic heterocycles. The Morgan fingerprint density at radius 2 is 1.85 bits per heavy atom. The number of nitrogens with two attached hydrogens (primary N) is 1. The van der Waals surface area contributed by atoms with E-state index in [2.05, 4.69) is 35.4 Å². The van der Waals surface area contributed by atoms with Crippen molar-refractivity contribution in [3.63, 3.8) is 0 Å². The summed E-state index contributed by atoms with van der Waals surface area (Å²) >= 11 is 0. The van der Waals surface area contributed by atoms with Crippen molar-refractivity contribution in [1.82, 2.24) is 4.90 Å². The fraction of sp³-hybridized carbons (Fsp3) is 0.429. The number of Topliss-reactive ketones (excluding diaryl/α,β-unsaturated/α-hetero) is 1. The van der Waals surface area contributed by atoms with Gasteiger partial charge in [-0.2, -0.15) is 0 Å². The monoisotopic (exact) mass is 353 g/mol. The maximum atomic E-state index is 12.3.